The van der Waals surface area contributed by atoms with Gasteiger partial charge in [-0.05, 0) is 24.0 Å². The van der Waals surface area contributed by atoms with Gasteiger partial charge in [-0.3, -0.25) is 4.79 Å². The fraction of sp³-hybridized carbons (Fsp3) is 0.350. The first-order chi connectivity index (χ1) is 11.6. The van der Waals surface area contributed by atoms with Crippen LogP contribution in [-0.2, 0) is 4.79 Å². The van der Waals surface area contributed by atoms with E-state index in [0.29, 0.717) is 18.0 Å². The smallest absolute Gasteiger partial charge is 0.225 e. The predicted molar refractivity (Wildman–Crippen MR) is 99.9 cm³/mol. The molecule has 3 nitrogen and oxygen atoms in total. The number of amides is 1. The summed E-state index contributed by atoms with van der Waals surface area (Å²) in [5, 5.41) is 0. The van der Waals surface area contributed by atoms with E-state index in [4.69, 9.17) is 5.73 Å². The van der Waals surface area contributed by atoms with Crippen molar-refractivity contribution < 1.29 is 9.18 Å². The van der Waals surface area contributed by atoms with Crippen molar-refractivity contribution in [2.45, 2.75) is 31.8 Å². The van der Waals surface area contributed by atoms with E-state index >= 15 is 0 Å². The van der Waals surface area contributed by atoms with E-state index in [0.717, 1.165) is 12.0 Å². The maximum atomic E-state index is 14.2. The Labute approximate surface area is 154 Å². The molecule has 0 radical (unpaired) electrons. The van der Waals surface area contributed by atoms with Crippen molar-refractivity contribution in [1.82, 2.24) is 4.90 Å². The molecule has 2 N–H and O–H groups in total. The van der Waals surface area contributed by atoms with E-state index < -0.39 is 0 Å². The van der Waals surface area contributed by atoms with Gasteiger partial charge < -0.3 is 10.6 Å². The van der Waals surface area contributed by atoms with Crippen LogP contribution in [0, 0.1) is 11.7 Å². The number of benzene rings is 2. The van der Waals surface area contributed by atoms with Crippen molar-refractivity contribution >= 4 is 18.3 Å². The van der Waals surface area contributed by atoms with Crippen molar-refractivity contribution in [2.24, 2.45) is 11.7 Å². The van der Waals surface area contributed by atoms with E-state index in [2.05, 4.69) is 6.92 Å². The van der Waals surface area contributed by atoms with Crippen LogP contribution in [0.5, 0.6) is 0 Å². The summed E-state index contributed by atoms with van der Waals surface area (Å²) in [7, 11) is 0. The molecule has 0 bridgehead atoms. The van der Waals surface area contributed by atoms with Gasteiger partial charge in [-0.25, -0.2) is 4.39 Å². The average molecular weight is 363 g/mol. The molecular formula is C20H24ClFN2O. The Balaban J connectivity index is 0.00000225. The third kappa shape index (κ3) is 4.39. The highest BCUT2D eigenvalue weighted by molar-refractivity contribution is 5.85. The molecule has 1 saturated heterocycles. The van der Waals surface area contributed by atoms with Gasteiger partial charge in [0, 0.05) is 24.6 Å². The highest BCUT2D eigenvalue weighted by atomic mass is 35.5. The normalized spacial score (nSPS) is 20.8. The van der Waals surface area contributed by atoms with Crippen molar-refractivity contribution in [3.63, 3.8) is 0 Å². The number of nitrogens with zero attached hydrogens (tertiary/aromatic N) is 1. The Kier molecular flexibility index (Phi) is 6.57. The largest absolute Gasteiger partial charge is 0.335 e. The molecule has 5 heteroatoms. The zero-order valence-corrected chi connectivity index (χ0v) is 15.1. The summed E-state index contributed by atoms with van der Waals surface area (Å²) < 4.78 is 14.2. The monoisotopic (exact) mass is 362 g/mol. The fourth-order valence-corrected chi connectivity index (χ4v) is 3.49. The zero-order valence-electron chi connectivity index (χ0n) is 14.3. The van der Waals surface area contributed by atoms with Crippen LogP contribution in [0.3, 0.4) is 0 Å². The molecule has 25 heavy (non-hydrogen) atoms. The van der Waals surface area contributed by atoms with Crippen LogP contribution >= 0.6 is 12.4 Å². The minimum absolute atomic E-state index is 0. The van der Waals surface area contributed by atoms with Crippen molar-refractivity contribution in [1.29, 1.82) is 0 Å². The highest BCUT2D eigenvalue weighted by Crippen LogP contribution is 2.37. The van der Waals surface area contributed by atoms with E-state index in [9.17, 15) is 9.18 Å². The van der Waals surface area contributed by atoms with Crippen LogP contribution in [0.2, 0.25) is 0 Å². The van der Waals surface area contributed by atoms with Crippen LogP contribution in [0.1, 0.15) is 43.0 Å². The van der Waals surface area contributed by atoms with Crippen molar-refractivity contribution in [3.8, 4) is 0 Å². The lowest BCUT2D eigenvalue weighted by atomic mass is 9.99. The van der Waals surface area contributed by atoms with Crippen molar-refractivity contribution in [2.75, 3.05) is 6.54 Å². The van der Waals surface area contributed by atoms with E-state index in [1.165, 1.54) is 6.07 Å². The number of halogens is 2. The lowest BCUT2D eigenvalue weighted by molar-refractivity contribution is -0.132. The first kappa shape index (κ1) is 19.4. The summed E-state index contributed by atoms with van der Waals surface area (Å²) >= 11 is 0. The summed E-state index contributed by atoms with van der Waals surface area (Å²) in [5.41, 5.74) is 7.74. The zero-order chi connectivity index (χ0) is 17.1. The Morgan fingerprint density at radius 2 is 1.84 bits per heavy atom. The van der Waals surface area contributed by atoms with Gasteiger partial charge in [-0.2, -0.15) is 0 Å². The number of carbonyl (C=O) groups is 1. The molecule has 3 unspecified atom stereocenters. The summed E-state index contributed by atoms with van der Waals surface area (Å²) in [6.45, 7) is 2.75. The third-order valence-corrected chi connectivity index (χ3v) is 4.72. The maximum absolute atomic E-state index is 14.2. The molecule has 3 rings (SSSR count). The topological polar surface area (TPSA) is 46.3 Å². The number of carbonyl (C=O) groups excluding carboxylic acids is 1. The van der Waals surface area contributed by atoms with Gasteiger partial charge >= 0.3 is 0 Å². The quantitative estimate of drug-likeness (QED) is 0.883. The van der Waals surface area contributed by atoms with Crippen LogP contribution in [0.25, 0.3) is 0 Å². The molecule has 1 aliphatic rings. The number of rotatable bonds is 4. The minimum Gasteiger partial charge on any atom is -0.335 e. The summed E-state index contributed by atoms with van der Waals surface area (Å²) in [6.07, 6.45) is 1.02. The van der Waals surface area contributed by atoms with E-state index in [-0.39, 0.29) is 42.6 Å². The molecule has 1 heterocycles. The Morgan fingerprint density at radius 1 is 1.20 bits per heavy atom. The van der Waals surface area contributed by atoms with Gasteiger partial charge in [0.2, 0.25) is 5.91 Å². The number of likely N-dealkylation sites (tertiary alicyclic amines) is 1. The summed E-state index contributed by atoms with van der Waals surface area (Å²) in [5.74, 6) is 0.0946. The van der Waals surface area contributed by atoms with Crippen LogP contribution < -0.4 is 5.73 Å². The maximum Gasteiger partial charge on any atom is 0.225 e. The molecule has 134 valence electrons. The summed E-state index contributed by atoms with van der Waals surface area (Å²) in [6, 6.07) is 15.8. The van der Waals surface area contributed by atoms with Gasteiger partial charge in [0.1, 0.15) is 5.82 Å². The number of hydrogen-bond donors (Lipinski definition) is 1. The molecule has 1 fully saturated rings. The number of nitrogens with two attached hydrogens (primary N) is 1. The molecule has 0 aliphatic carbocycles. The summed E-state index contributed by atoms with van der Waals surface area (Å²) in [4.78, 5) is 14.6. The second kappa shape index (κ2) is 8.45. The highest BCUT2D eigenvalue weighted by Gasteiger charge is 2.35. The van der Waals surface area contributed by atoms with E-state index in [1.807, 2.05) is 36.4 Å². The molecule has 1 aliphatic heterocycles. The first-order valence-corrected chi connectivity index (χ1v) is 8.40. The predicted octanol–water partition coefficient (Wildman–Crippen LogP) is 4.25. The first-order valence-electron chi connectivity index (χ1n) is 8.40. The minimum atomic E-state index is -0.337. The Morgan fingerprint density at radius 3 is 2.52 bits per heavy atom. The molecule has 3 atom stereocenters. The van der Waals surface area contributed by atoms with E-state index in [1.54, 1.807) is 17.0 Å². The Hall–Kier alpha value is -1.91. The second-order valence-electron chi connectivity index (χ2n) is 6.65. The van der Waals surface area contributed by atoms with Crippen LogP contribution in [0.15, 0.2) is 54.6 Å². The van der Waals surface area contributed by atoms with Crippen LogP contribution in [0.4, 0.5) is 4.39 Å². The van der Waals surface area contributed by atoms with Crippen molar-refractivity contribution in [3.05, 3.63) is 71.5 Å². The molecule has 0 aromatic heterocycles. The average Bonchev–Trinajstić information content (AvgIpc) is 2.98. The third-order valence-electron chi connectivity index (χ3n) is 4.72. The fourth-order valence-electron chi connectivity index (χ4n) is 3.49. The molecule has 2 aromatic rings. The lowest BCUT2D eigenvalue weighted by Crippen LogP contribution is -2.33. The second-order valence-corrected chi connectivity index (χ2v) is 6.65. The van der Waals surface area contributed by atoms with Gasteiger partial charge in [0.15, 0.2) is 0 Å². The van der Waals surface area contributed by atoms with Gasteiger partial charge in [-0.15, -0.1) is 12.4 Å². The number of hydrogen-bond acceptors (Lipinski definition) is 2. The molecule has 1 amide bonds. The molecule has 0 saturated carbocycles. The van der Waals surface area contributed by atoms with Gasteiger partial charge in [-0.1, -0.05) is 55.5 Å². The molecule has 0 spiro atoms. The molecule has 2 aromatic carbocycles. The SMILES string of the molecule is CC1CC(c2ccccc2F)N(C(=O)CC(N)c2ccccc2)C1.Cl. The lowest BCUT2D eigenvalue weighted by Gasteiger charge is -2.26. The van der Waals surface area contributed by atoms with Crippen LogP contribution in [-0.4, -0.2) is 17.4 Å². The molecular weight excluding hydrogens is 339 g/mol. The Bertz CT molecular complexity index is 710. The van der Waals surface area contributed by atoms with Gasteiger partial charge in [0.05, 0.1) is 6.04 Å². The van der Waals surface area contributed by atoms with Gasteiger partial charge in [0.25, 0.3) is 0 Å². The standard InChI is InChI=1S/C20H23FN2O.ClH/c1-14-11-19(16-9-5-6-10-17(16)21)23(13-14)20(24)12-18(22)15-7-3-2-4-8-15;/h2-10,14,18-19H,11-13,22H2,1H3;1H.